The lowest BCUT2D eigenvalue weighted by molar-refractivity contribution is 0.476. The largest absolute Gasteiger partial charge is 0.356 e. The minimum atomic E-state index is 0.497. The van der Waals surface area contributed by atoms with Crippen molar-refractivity contribution in [3.05, 3.63) is 35.9 Å². The summed E-state index contributed by atoms with van der Waals surface area (Å²) < 4.78 is 0. The van der Waals surface area contributed by atoms with Gasteiger partial charge in [-0.1, -0.05) is 6.92 Å². The lowest BCUT2D eigenvalue weighted by atomic mass is 10.0. The van der Waals surface area contributed by atoms with Gasteiger partial charge in [0.2, 0.25) is 0 Å². The van der Waals surface area contributed by atoms with Crippen LogP contribution in [0.15, 0.2) is 24.4 Å². The average Bonchev–Trinajstić information content (AvgIpc) is 2.61. The quantitative estimate of drug-likeness (QED) is 0.863. The minimum absolute atomic E-state index is 0.497. The zero-order chi connectivity index (χ0) is 16.2. The molecule has 1 aliphatic heterocycles. The number of nitrogens with zero attached hydrogens (tertiary/aromatic N) is 6. The Labute approximate surface area is 137 Å². The first-order valence-electron chi connectivity index (χ1n) is 8.27. The van der Waals surface area contributed by atoms with Gasteiger partial charge in [-0.15, -0.1) is 5.10 Å². The van der Waals surface area contributed by atoms with Crippen molar-refractivity contribution in [1.82, 2.24) is 20.2 Å². The summed E-state index contributed by atoms with van der Waals surface area (Å²) in [6.45, 7) is 6.16. The van der Waals surface area contributed by atoms with Gasteiger partial charge in [-0.05, 0) is 31.9 Å². The molecule has 23 heavy (non-hydrogen) atoms. The molecular weight excluding hydrogens is 288 g/mol. The molecule has 3 heterocycles. The molecule has 1 saturated heterocycles. The van der Waals surface area contributed by atoms with Crippen LogP contribution in [-0.4, -0.2) is 46.3 Å². The molecule has 3 rings (SSSR count). The van der Waals surface area contributed by atoms with Gasteiger partial charge in [0.25, 0.3) is 0 Å². The van der Waals surface area contributed by atoms with E-state index < -0.39 is 0 Å². The highest BCUT2D eigenvalue weighted by Crippen LogP contribution is 2.23. The Balaban J connectivity index is 1.65. The number of aryl methyl sites for hydroxylation is 2. The Hall–Kier alpha value is -2.24. The van der Waals surface area contributed by atoms with Gasteiger partial charge >= 0.3 is 0 Å². The Bertz CT molecular complexity index is 637. The predicted octanol–water partition coefficient (Wildman–Crippen LogP) is 2.24. The molecule has 0 radical (unpaired) electrons. The van der Waals surface area contributed by atoms with Crippen LogP contribution in [0.2, 0.25) is 0 Å². The molecule has 2 aromatic heterocycles. The van der Waals surface area contributed by atoms with E-state index in [1.54, 1.807) is 6.20 Å². The second-order valence-corrected chi connectivity index (χ2v) is 6.05. The van der Waals surface area contributed by atoms with Crippen LogP contribution in [0.1, 0.15) is 31.3 Å². The highest BCUT2D eigenvalue weighted by molar-refractivity contribution is 5.42. The SMILES string of the molecule is CCc1nc(C)cc(N2CCC(N(C)c3cccnn3)CC2)n1. The van der Waals surface area contributed by atoms with Gasteiger partial charge < -0.3 is 9.80 Å². The van der Waals surface area contributed by atoms with Crippen LogP contribution in [0, 0.1) is 6.92 Å². The van der Waals surface area contributed by atoms with Gasteiger partial charge in [-0.2, -0.15) is 5.10 Å². The van der Waals surface area contributed by atoms with E-state index in [1.165, 1.54) is 0 Å². The first kappa shape index (κ1) is 15.6. The smallest absolute Gasteiger partial charge is 0.151 e. The molecule has 0 unspecified atom stereocenters. The van der Waals surface area contributed by atoms with Crippen molar-refractivity contribution in [2.45, 2.75) is 39.2 Å². The Morgan fingerprint density at radius 2 is 2.04 bits per heavy atom. The van der Waals surface area contributed by atoms with Crippen LogP contribution in [0.3, 0.4) is 0 Å². The molecule has 0 aliphatic carbocycles. The number of piperidine rings is 1. The highest BCUT2D eigenvalue weighted by Gasteiger charge is 2.24. The van der Waals surface area contributed by atoms with Gasteiger partial charge in [0.15, 0.2) is 5.82 Å². The monoisotopic (exact) mass is 312 g/mol. The van der Waals surface area contributed by atoms with Crippen LogP contribution in [0.25, 0.3) is 0 Å². The number of hydrogen-bond acceptors (Lipinski definition) is 6. The summed E-state index contributed by atoms with van der Waals surface area (Å²) in [4.78, 5) is 13.8. The number of hydrogen-bond donors (Lipinski definition) is 0. The molecule has 1 aliphatic rings. The number of rotatable bonds is 4. The van der Waals surface area contributed by atoms with Crippen molar-refractivity contribution in [3.63, 3.8) is 0 Å². The van der Waals surface area contributed by atoms with Gasteiger partial charge in [-0.25, -0.2) is 9.97 Å². The van der Waals surface area contributed by atoms with Crippen molar-refractivity contribution < 1.29 is 0 Å². The molecule has 0 aromatic carbocycles. The second kappa shape index (κ2) is 6.89. The van der Waals surface area contributed by atoms with Gasteiger partial charge in [-0.3, -0.25) is 0 Å². The van der Waals surface area contributed by atoms with Crippen LogP contribution in [0.4, 0.5) is 11.6 Å². The molecular formula is C17H24N6. The van der Waals surface area contributed by atoms with Crippen LogP contribution in [0.5, 0.6) is 0 Å². The fourth-order valence-corrected chi connectivity index (χ4v) is 3.08. The third-order valence-corrected chi connectivity index (χ3v) is 4.46. The van der Waals surface area contributed by atoms with Crippen molar-refractivity contribution in [2.75, 3.05) is 29.9 Å². The molecule has 2 aromatic rings. The Morgan fingerprint density at radius 3 is 2.70 bits per heavy atom. The topological polar surface area (TPSA) is 58.0 Å². The molecule has 0 N–H and O–H groups in total. The van der Waals surface area contributed by atoms with Crippen molar-refractivity contribution in [3.8, 4) is 0 Å². The first-order chi connectivity index (χ1) is 11.2. The third kappa shape index (κ3) is 3.57. The summed E-state index contributed by atoms with van der Waals surface area (Å²) in [5.41, 5.74) is 1.05. The Kier molecular flexibility index (Phi) is 4.69. The van der Waals surface area contributed by atoms with Gasteiger partial charge in [0.05, 0.1) is 0 Å². The summed E-state index contributed by atoms with van der Waals surface area (Å²) in [5.74, 6) is 2.94. The van der Waals surface area contributed by atoms with Crippen molar-refractivity contribution >= 4 is 11.6 Å². The van der Waals surface area contributed by atoms with E-state index in [0.29, 0.717) is 6.04 Å². The lowest BCUT2D eigenvalue weighted by Gasteiger charge is -2.37. The van der Waals surface area contributed by atoms with E-state index in [1.807, 2.05) is 19.1 Å². The maximum absolute atomic E-state index is 4.68. The fraction of sp³-hybridized carbons (Fsp3) is 0.529. The molecule has 0 spiro atoms. The van der Waals surface area contributed by atoms with E-state index in [2.05, 4.69) is 50.0 Å². The normalized spacial score (nSPS) is 15.7. The minimum Gasteiger partial charge on any atom is -0.356 e. The molecule has 0 atom stereocenters. The molecule has 0 amide bonds. The molecule has 122 valence electrons. The summed E-state index contributed by atoms with van der Waals surface area (Å²) in [7, 11) is 2.11. The third-order valence-electron chi connectivity index (χ3n) is 4.46. The summed E-state index contributed by atoms with van der Waals surface area (Å²) in [5, 5.41) is 8.18. The maximum Gasteiger partial charge on any atom is 0.151 e. The van der Waals surface area contributed by atoms with E-state index in [4.69, 9.17) is 0 Å². The van der Waals surface area contributed by atoms with Gasteiger partial charge in [0.1, 0.15) is 11.6 Å². The van der Waals surface area contributed by atoms with E-state index >= 15 is 0 Å². The van der Waals surface area contributed by atoms with Crippen molar-refractivity contribution in [1.29, 1.82) is 0 Å². The van der Waals surface area contributed by atoms with Crippen LogP contribution >= 0.6 is 0 Å². The summed E-state index contributed by atoms with van der Waals surface area (Å²) in [6, 6.07) is 6.53. The molecule has 6 nitrogen and oxygen atoms in total. The van der Waals surface area contributed by atoms with E-state index in [-0.39, 0.29) is 0 Å². The van der Waals surface area contributed by atoms with Crippen molar-refractivity contribution in [2.24, 2.45) is 0 Å². The molecule has 1 fully saturated rings. The standard InChI is InChI=1S/C17H24N6/c1-4-15-19-13(2)12-17(20-15)23-10-7-14(8-11-23)22(3)16-6-5-9-18-21-16/h5-6,9,12,14H,4,7-8,10-11H2,1-3H3. The van der Waals surface area contributed by atoms with E-state index in [0.717, 1.165) is 55.5 Å². The summed E-state index contributed by atoms with van der Waals surface area (Å²) >= 11 is 0. The fourth-order valence-electron chi connectivity index (χ4n) is 3.08. The Morgan fingerprint density at radius 1 is 1.26 bits per heavy atom. The zero-order valence-corrected chi connectivity index (χ0v) is 14.1. The predicted molar refractivity (Wildman–Crippen MR) is 91.8 cm³/mol. The maximum atomic E-state index is 4.68. The average molecular weight is 312 g/mol. The summed E-state index contributed by atoms with van der Waals surface area (Å²) in [6.07, 6.45) is 4.78. The number of aromatic nitrogens is 4. The van der Waals surface area contributed by atoms with E-state index in [9.17, 15) is 0 Å². The lowest BCUT2D eigenvalue weighted by Crippen LogP contribution is -2.44. The van der Waals surface area contributed by atoms with Crippen LogP contribution in [-0.2, 0) is 6.42 Å². The van der Waals surface area contributed by atoms with Gasteiger partial charge in [0, 0.05) is 50.6 Å². The van der Waals surface area contributed by atoms with Crippen LogP contribution < -0.4 is 9.80 Å². The zero-order valence-electron chi connectivity index (χ0n) is 14.1. The highest BCUT2D eigenvalue weighted by atomic mass is 15.3. The first-order valence-corrected chi connectivity index (χ1v) is 8.27. The second-order valence-electron chi connectivity index (χ2n) is 6.05. The molecule has 6 heteroatoms. The number of anilines is 2. The molecule has 0 saturated carbocycles. The molecule has 0 bridgehead atoms.